The highest BCUT2D eigenvalue weighted by atomic mass is 127. The Morgan fingerprint density at radius 2 is 2.17 bits per heavy atom. The van der Waals surface area contributed by atoms with Gasteiger partial charge in [-0.25, -0.2) is 4.79 Å². The predicted molar refractivity (Wildman–Crippen MR) is 83.4 cm³/mol. The molecule has 18 heavy (non-hydrogen) atoms. The first-order valence-electron chi connectivity index (χ1n) is 5.55. The van der Waals surface area contributed by atoms with Gasteiger partial charge in [0, 0.05) is 20.2 Å². The summed E-state index contributed by atoms with van der Waals surface area (Å²) in [5.74, 6) is 0.425. The average molecular weight is 422 g/mol. The summed E-state index contributed by atoms with van der Waals surface area (Å²) in [5.41, 5.74) is 1.56. The molecule has 0 N–H and O–H groups in total. The van der Waals surface area contributed by atoms with Gasteiger partial charge < -0.3 is 9.64 Å². The fourth-order valence-corrected chi connectivity index (χ4v) is 3.52. The van der Waals surface area contributed by atoms with Crippen molar-refractivity contribution in [3.8, 4) is 0 Å². The van der Waals surface area contributed by atoms with Crippen molar-refractivity contribution in [2.24, 2.45) is 0 Å². The van der Waals surface area contributed by atoms with E-state index in [4.69, 9.17) is 4.74 Å². The lowest BCUT2D eigenvalue weighted by Gasteiger charge is -2.06. The van der Waals surface area contributed by atoms with Crippen LogP contribution in [0, 0.1) is 3.57 Å². The van der Waals surface area contributed by atoms with Crippen LogP contribution in [-0.4, -0.2) is 31.5 Å². The fraction of sp³-hybridized carbons (Fsp3) is 0.308. The van der Waals surface area contributed by atoms with E-state index >= 15 is 0 Å². The highest BCUT2D eigenvalue weighted by molar-refractivity contribution is 14.1. The van der Waals surface area contributed by atoms with Crippen LogP contribution < -0.4 is 0 Å². The molecule has 96 valence electrons. The van der Waals surface area contributed by atoms with Crippen molar-refractivity contribution in [3.63, 3.8) is 0 Å². The van der Waals surface area contributed by atoms with Gasteiger partial charge in [-0.3, -0.25) is 0 Å². The summed E-state index contributed by atoms with van der Waals surface area (Å²) in [4.78, 5) is 13.9. The Labute approximate surface area is 128 Å². The minimum atomic E-state index is -0.252. The van der Waals surface area contributed by atoms with Crippen LogP contribution >= 0.6 is 38.5 Å². The molecule has 5 heteroatoms. The lowest BCUT2D eigenvalue weighted by Crippen LogP contribution is -2.12. The molecule has 0 atom stereocenters. The SMILES string of the molecule is CN(C)CC/C=C1\OC(=O)c2c(I)cc(Br)cc21. The molecule has 1 aliphatic heterocycles. The number of fused-ring (bicyclic) bond motifs is 1. The lowest BCUT2D eigenvalue weighted by atomic mass is 10.1. The molecule has 1 aromatic rings. The van der Waals surface area contributed by atoms with Crippen molar-refractivity contribution in [2.45, 2.75) is 6.42 Å². The predicted octanol–water partition coefficient (Wildman–Crippen LogP) is 3.52. The zero-order chi connectivity index (χ0) is 13.3. The smallest absolute Gasteiger partial charge is 0.345 e. The van der Waals surface area contributed by atoms with Gasteiger partial charge in [-0.05, 0) is 61.3 Å². The number of ether oxygens (including phenoxy) is 1. The summed E-state index contributed by atoms with van der Waals surface area (Å²) >= 11 is 5.61. The number of carbonyl (C=O) groups is 1. The van der Waals surface area contributed by atoms with Crippen molar-refractivity contribution in [2.75, 3.05) is 20.6 Å². The van der Waals surface area contributed by atoms with E-state index in [1.165, 1.54) is 0 Å². The largest absolute Gasteiger partial charge is 0.423 e. The standard InChI is InChI=1S/C13H13BrINO2/c1-16(2)5-3-4-11-9-6-8(14)7-10(15)12(9)13(17)18-11/h4,6-7H,3,5H2,1-2H3/b11-4-. The maximum absolute atomic E-state index is 11.8. The van der Waals surface area contributed by atoms with Crippen LogP contribution in [0.1, 0.15) is 22.3 Å². The van der Waals surface area contributed by atoms with Crippen LogP contribution in [0.25, 0.3) is 5.76 Å². The Bertz CT molecular complexity index is 526. The lowest BCUT2D eigenvalue weighted by molar-refractivity contribution is 0.0714. The molecule has 0 saturated carbocycles. The molecule has 0 saturated heterocycles. The Morgan fingerprint density at radius 1 is 1.44 bits per heavy atom. The van der Waals surface area contributed by atoms with Crippen LogP contribution in [-0.2, 0) is 4.74 Å². The fourth-order valence-electron chi connectivity index (χ4n) is 1.79. The van der Waals surface area contributed by atoms with E-state index < -0.39 is 0 Å². The first-order chi connectivity index (χ1) is 8.49. The van der Waals surface area contributed by atoms with E-state index in [0.29, 0.717) is 11.3 Å². The Hall–Kier alpha value is -0.400. The van der Waals surface area contributed by atoms with Crippen LogP contribution in [0.3, 0.4) is 0 Å². The van der Waals surface area contributed by atoms with Crippen LogP contribution in [0.4, 0.5) is 0 Å². The third kappa shape index (κ3) is 2.95. The number of hydrogen-bond acceptors (Lipinski definition) is 3. The van der Waals surface area contributed by atoms with Crippen molar-refractivity contribution < 1.29 is 9.53 Å². The highest BCUT2D eigenvalue weighted by Gasteiger charge is 2.28. The normalized spacial score (nSPS) is 16.3. The molecule has 0 amide bonds. The van der Waals surface area contributed by atoms with E-state index in [2.05, 4.69) is 43.4 Å². The second kappa shape index (κ2) is 5.71. The summed E-state index contributed by atoms with van der Waals surface area (Å²) in [6.07, 6.45) is 2.84. The molecule has 0 spiro atoms. The monoisotopic (exact) mass is 421 g/mol. The van der Waals surface area contributed by atoms with Crippen molar-refractivity contribution in [1.29, 1.82) is 0 Å². The van der Waals surface area contributed by atoms with E-state index in [0.717, 1.165) is 26.6 Å². The summed E-state index contributed by atoms with van der Waals surface area (Å²) in [5, 5.41) is 0. The molecule has 3 nitrogen and oxygen atoms in total. The number of benzene rings is 1. The van der Waals surface area contributed by atoms with Gasteiger partial charge in [0.15, 0.2) is 0 Å². The minimum Gasteiger partial charge on any atom is -0.423 e. The summed E-state index contributed by atoms with van der Waals surface area (Å²) in [6, 6.07) is 3.85. The summed E-state index contributed by atoms with van der Waals surface area (Å²) in [7, 11) is 4.04. The molecule has 1 aliphatic rings. The van der Waals surface area contributed by atoms with E-state index in [1.807, 2.05) is 32.3 Å². The molecule has 1 aromatic carbocycles. The van der Waals surface area contributed by atoms with E-state index in [9.17, 15) is 4.79 Å². The maximum Gasteiger partial charge on any atom is 0.345 e. The maximum atomic E-state index is 11.8. The molecule has 0 fully saturated rings. The molecule has 0 unspecified atom stereocenters. The van der Waals surface area contributed by atoms with Gasteiger partial charge in [-0.15, -0.1) is 0 Å². The third-order valence-electron chi connectivity index (χ3n) is 2.63. The Morgan fingerprint density at radius 3 is 2.83 bits per heavy atom. The second-order valence-electron chi connectivity index (χ2n) is 4.36. The molecular formula is C13H13BrINO2. The first kappa shape index (κ1) is 14.0. The van der Waals surface area contributed by atoms with Crippen molar-refractivity contribution >= 4 is 50.2 Å². The van der Waals surface area contributed by atoms with E-state index in [-0.39, 0.29) is 5.97 Å². The summed E-state index contributed by atoms with van der Waals surface area (Å²) in [6.45, 7) is 0.932. The van der Waals surface area contributed by atoms with Gasteiger partial charge >= 0.3 is 5.97 Å². The first-order valence-corrected chi connectivity index (χ1v) is 7.42. The van der Waals surface area contributed by atoms with E-state index in [1.54, 1.807) is 0 Å². The zero-order valence-corrected chi connectivity index (χ0v) is 13.9. The number of hydrogen-bond donors (Lipinski definition) is 0. The minimum absolute atomic E-state index is 0.252. The summed E-state index contributed by atoms with van der Waals surface area (Å²) < 4.78 is 7.20. The van der Waals surface area contributed by atoms with Crippen LogP contribution in [0.5, 0.6) is 0 Å². The molecule has 0 radical (unpaired) electrons. The van der Waals surface area contributed by atoms with Gasteiger partial charge in [0.2, 0.25) is 0 Å². The molecule has 0 bridgehead atoms. The Kier molecular flexibility index (Phi) is 4.45. The van der Waals surface area contributed by atoms with Crippen LogP contribution in [0.2, 0.25) is 0 Å². The van der Waals surface area contributed by atoms with Gasteiger partial charge in [0.25, 0.3) is 0 Å². The van der Waals surface area contributed by atoms with Crippen molar-refractivity contribution in [1.82, 2.24) is 4.90 Å². The van der Waals surface area contributed by atoms with Gasteiger partial charge in [-0.2, -0.15) is 0 Å². The number of rotatable bonds is 3. The average Bonchev–Trinajstić information content (AvgIpc) is 2.55. The van der Waals surface area contributed by atoms with Gasteiger partial charge in [-0.1, -0.05) is 15.9 Å². The number of carbonyl (C=O) groups excluding carboxylic acids is 1. The quantitative estimate of drug-likeness (QED) is 0.552. The van der Waals surface area contributed by atoms with Gasteiger partial charge in [0.1, 0.15) is 5.76 Å². The number of esters is 1. The topological polar surface area (TPSA) is 29.5 Å². The third-order valence-corrected chi connectivity index (χ3v) is 3.94. The molecule has 1 heterocycles. The van der Waals surface area contributed by atoms with Gasteiger partial charge in [0.05, 0.1) is 5.56 Å². The zero-order valence-electron chi connectivity index (χ0n) is 10.2. The second-order valence-corrected chi connectivity index (χ2v) is 6.44. The van der Waals surface area contributed by atoms with Crippen LogP contribution in [0.15, 0.2) is 22.7 Å². The molecule has 0 aromatic heterocycles. The number of nitrogens with zero attached hydrogens (tertiary/aromatic N) is 1. The Balaban J connectivity index is 2.32. The molecule has 0 aliphatic carbocycles. The number of halogens is 2. The highest BCUT2D eigenvalue weighted by Crippen LogP contribution is 2.35. The van der Waals surface area contributed by atoms with Crippen molar-refractivity contribution in [3.05, 3.63) is 37.4 Å². The number of cyclic esters (lactones) is 1. The molecule has 2 rings (SSSR count). The molecular weight excluding hydrogens is 409 g/mol.